The highest BCUT2D eigenvalue weighted by atomic mass is 32.1. The summed E-state index contributed by atoms with van der Waals surface area (Å²) in [6, 6.07) is 101. The number of thiophene rings is 2. The number of hydrogen-bond donors (Lipinski definition) is 0. The van der Waals surface area contributed by atoms with Crippen molar-refractivity contribution in [1.29, 1.82) is 0 Å². The Morgan fingerprint density at radius 1 is 0.262 bits per heavy atom. The van der Waals surface area contributed by atoms with Crippen molar-refractivity contribution in [3.05, 3.63) is 335 Å². The topological polar surface area (TPSA) is 6.48 Å². The molecule has 0 aliphatic carbocycles. The maximum atomic E-state index is 2.43. The lowest BCUT2D eigenvalue weighted by Gasteiger charge is -2.25. The molecule has 4 heteroatoms. The molecule has 0 spiro atoms. The standard InChI is InChI=1S/C80H60N2S2/c1-57-56-76(81(67-47-39-63(40-48-67)35-31-59-19-7-3-8-20-59)68-49-41-64(42-50-68)36-32-60-21-9-4-10-22-60)84-79(57)78-73-29-17-15-27-71(73)77(72-28-16-18-30-74(72)78)75-55-58(2)80(83-75)82(69-51-43-65(44-52-69)37-33-61-23-11-5-12-24-61)70-53-45-66(46-54-70)38-34-62-25-13-6-14-26-62/h3-56H,1-2H3. The van der Waals surface area contributed by atoms with Gasteiger partial charge in [-0.3, -0.25) is 0 Å². The Kier molecular flexibility index (Phi) is 15.6. The van der Waals surface area contributed by atoms with Gasteiger partial charge in [0, 0.05) is 43.6 Å². The number of rotatable bonds is 16. The van der Waals surface area contributed by atoms with Crippen molar-refractivity contribution in [3.63, 3.8) is 0 Å². The van der Waals surface area contributed by atoms with Crippen LogP contribution in [0.5, 0.6) is 0 Å². The van der Waals surface area contributed by atoms with E-state index >= 15 is 0 Å². The summed E-state index contributed by atoms with van der Waals surface area (Å²) >= 11 is 3.72. The van der Waals surface area contributed by atoms with E-state index in [1.54, 1.807) is 0 Å². The van der Waals surface area contributed by atoms with Crippen LogP contribution in [0.1, 0.15) is 55.6 Å². The van der Waals surface area contributed by atoms with Crippen molar-refractivity contribution in [1.82, 2.24) is 0 Å². The van der Waals surface area contributed by atoms with Gasteiger partial charge in [-0.15, -0.1) is 22.7 Å². The van der Waals surface area contributed by atoms with Crippen LogP contribution in [0.15, 0.2) is 279 Å². The summed E-state index contributed by atoms with van der Waals surface area (Å²) in [4.78, 5) is 7.34. The molecule has 0 amide bonds. The van der Waals surface area contributed by atoms with Gasteiger partial charge in [0.1, 0.15) is 10.0 Å². The van der Waals surface area contributed by atoms with E-state index in [0.717, 1.165) is 50.0 Å². The predicted molar refractivity (Wildman–Crippen MR) is 368 cm³/mol. The summed E-state index contributed by atoms with van der Waals surface area (Å²) in [7, 11) is 0. The van der Waals surface area contributed by atoms with Gasteiger partial charge in [0.2, 0.25) is 0 Å². The average Bonchev–Trinajstić information content (AvgIpc) is 3.65. The summed E-state index contributed by atoms with van der Waals surface area (Å²) in [5.41, 5.74) is 18.7. The molecule has 0 saturated carbocycles. The quantitative estimate of drug-likeness (QED) is 0.0703. The molecule has 0 aliphatic rings. The average molecular weight is 1110 g/mol. The largest absolute Gasteiger partial charge is 0.302 e. The van der Waals surface area contributed by atoms with Crippen LogP contribution in [0.25, 0.3) is 91.0 Å². The van der Waals surface area contributed by atoms with Gasteiger partial charge in [0.05, 0.1) is 0 Å². The van der Waals surface area contributed by atoms with Crippen LogP contribution in [0.3, 0.4) is 0 Å². The highest BCUT2D eigenvalue weighted by Gasteiger charge is 2.25. The van der Waals surface area contributed by atoms with Gasteiger partial charge < -0.3 is 9.80 Å². The monoisotopic (exact) mass is 1110 g/mol. The smallest absolute Gasteiger partial charge is 0.103 e. The summed E-state index contributed by atoms with van der Waals surface area (Å²) in [6.45, 7) is 4.54. The molecule has 2 heterocycles. The van der Waals surface area contributed by atoms with Crippen molar-refractivity contribution in [2.75, 3.05) is 9.80 Å². The lowest BCUT2D eigenvalue weighted by Crippen LogP contribution is -2.09. The highest BCUT2D eigenvalue weighted by molar-refractivity contribution is 7.20. The van der Waals surface area contributed by atoms with Gasteiger partial charge >= 0.3 is 0 Å². The minimum atomic E-state index is 1.10. The molecule has 402 valence electrons. The molecule has 11 aromatic carbocycles. The van der Waals surface area contributed by atoms with E-state index in [1.165, 1.54) is 80.8 Å². The van der Waals surface area contributed by atoms with E-state index in [9.17, 15) is 0 Å². The van der Waals surface area contributed by atoms with Crippen LogP contribution in [-0.4, -0.2) is 0 Å². The van der Waals surface area contributed by atoms with E-state index in [1.807, 2.05) is 22.7 Å². The summed E-state index contributed by atoms with van der Waals surface area (Å²) in [5.74, 6) is 0. The molecule has 13 rings (SSSR count). The number of nitrogens with zero attached hydrogens (tertiary/aromatic N) is 2. The minimum Gasteiger partial charge on any atom is -0.302 e. The van der Waals surface area contributed by atoms with Gasteiger partial charge in [-0.1, -0.05) is 267 Å². The second-order valence-corrected chi connectivity index (χ2v) is 23.1. The lowest BCUT2D eigenvalue weighted by atomic mass is 9.89. The summed E-state index contributed by atoms with van der Waals surface area (Å²) in [5, 5.41) is 7.28. The predicted octanol–water partition coefficient (Wildman–Crippen LogP) is 23.7. The molecule has 0 aliphatic heterocycles. The minimum absolute atomic E-state index is 1.10. The zero-order valence-electron chi connectivity index (χ0n) is 46.9. The van der Waals surface area contributed by atoms with Crippen LogP contribution in [0.2, 0.25) is 0 Å². The zero-order chi connectivity index (χ0) is 56.6. The van der Waals surface area contributed by atoms with E-state index in [4.69, 9.17) is 0 Å². The Balaban J connectivity index is 0.894. The first-order chi connectivity index (χ1) is 41.5. The van der Waals surface area contributed by atoms with Crippen LogP contribution in [0.4, 0.5) is 32.8 Å². The molecule has 0 fully saturated rings. The van der Waals surface area contributed by atoms with E-state index in [2.05, 4.69) is 351 Å². The maximum Gasteiger partial charge on any atom is 0.103 e. The van der Waals surface area contributed by atoms with Crippen molar-refractivity contribution < 1.29 is 0 Å². The SMILES string of the molecule is Cc1cc(N(c2ccc(C=Cc3ccccc3)cc2)c2ccc(C=Cc3ccccc3)cc2)sc1-c1c2ccccc2c(-c2cc(C)c(N(c3ccc(C=Cc4ccccc4)cc3)c3ccc(C=Cc4ccccc4)cc3)s2)c2ccccc12. The number of hydrogen-bond acceptors (Lipinski definition) is 4. The Hall–Kier alpha value is -10.1. The Labute approximate surface area is 501 Å². The third kappa shape index (κ3) is 11.7. The van der Waals surface area contributed by atoms with Crippen LogP contribution < -0.4 is 9.80 Å². The fraction of sp³-hybridized carbons (Fsp3) is 0.0250. The van der Waals surface area contributed by atoms with Crippen molar-refractivity contribution >= 4 is 126 Å². The number of aryl methyl sites for hydroxylation is 2. The molecule has 0 saturated heterocycles. The lowest BCUT2D eigenvalue weighted by molar-refractivity contribution is 1.29. The van der Waals surface area contributed by atoms with Crippen molar-refractivity contribution in [2.24, 2.45) is 0 Å². The molecular formula is C80H60N2S2. The van der Waals surface area contributed by atoms with E-state index < -0.39 is 0 Å². The Bertz CT molecular complexity index is 4250. The number of anilines is 6. The van der Waals surface area contributed by atoms with Gasteiger partial charge in [-0.25, -0.2) is 0 Å². The number of fused-ring (bicyclic) bond motifs is 2. The molecule has 0 radical (unpaired) electrons. The maximum absolute atomic E-state index is 2.43. The molecule has 0 bridgehead atoms. The molecule has 0 atom stereocenters. The van der Waals surface area contributed by atoms with Gasteiger partial charge in [-0.2, -0.15) is 0 Å². The van der Waals surface area contributed by atoms with Gasteiger partial charge in [0.15, 0.2) is 0 Å². The van der Waals surface area contributed by atoms with Crippen LogP contribution in [-0.2, 0) is 0 Å². The van der Waals surface area contributed by atoms with Gasteiger partial charge in [-0.05, 0) is 152 Å². The molecule has 2 nitrogen and oxygen atoms in total. The molecular weight excluding hydrogens is 1050 g/mol. The summed E-state index contributed by atoms with van der Waals surface area (Å²) in [6.07, 6.45) is 17.5. The van der Waals surface area contributed by atoms with Gasteiger partial charge in [0.25, 0.3) is 0 Å². The normalized spacial score (nSPS) is 11.7. The molecule has 0 N–H and O–H groups in total. The van der Waals surface area contributed by atoms with Crippen molar-refractivity contribution in [2.45, 2.75) is 13.8 Å². The first kappa shape index (κ1) is 53.2. The second kappa shape index (κ2) is 24.5. The number of benzene rings is 11. The van der Waals surface area contributed by atoms with Crippen LogP contribution >= 0.6 is 22.7 Å². The third-order valence-corrected chi connectivity index (χ3v) is 17.8. The fourth-order valence-corrected chi connectivity index (χ4v) is 13.6. The summed E-state index contributed by atoms with van der Waals surface area (Å²) < 4.78 is 0. The first-order valence-corrected chi connectivity index (χ1v) is 30.2. The first-order valence-electron chi connectivity index (χ1n) is 28.5. The molecule has 84 heavy (non-hydrogen) atoms. The molecule has 2 aromatic heterocycles. The van der Waals surface area contributed by atoms with Crippen molar-refractivity contribution in [3.8, 4) is 20.9 Å². The zero-order valence-corrected chi connectivity index (χ0v) is 48.5. The van der Waals surface area contributed by atoms with Crippen LogP contribution in [0, 0.1) is 13.8 Å². The third-order valence-electron chi connectivity index (χ3n) is 15.3. The Morgan fingerprint density at radius 3 is 0.881 bits per heavy atom. The van der Waals surface area contributed by atoms with E-state index in [0.29, 0.717) is 0 Å². The molecule has 0 unspecified atom stereocenters. The Morgan fingerprint density at radius 2 is 0.548 bits per heavy atom. The molecule has 13 aromatic rings. The van der Waals surface area contributed by atoms with E-state index in [-0.39, 0.29) is 0 Å². The highest BCUT2D eigenvalue weighted by Crippen LogP contribution is 2.53. The second-order valence-electron chi connectivity index (χ2n) is 21.0. The fourth-order valence-electron chi connectivity index (χ4n) is 11.0.